The first-order valence-electron chi connectivity index (χ1n) is 8.16. The smallest absolute Gasteiger partial charge is 0.326 e. The molecular formula is C19H17N3O4S. The molecule has 2 aromatic rings. The van der Waals surface area contributed by atoms with E-state index in [1.54, 1.807) is 42.0 Å². The molecule has 27 heavy (non-hydrogen) atoms. The number of carbonyl (C=O) groups is 3. The number of nitrogens with zero attached hydrogens (tertiary/aromatic N) is 2. The van der Waals surface area contributed by atoms with Crippen molar-refractivity contribution in [1.82, 2.24) is 14.8 Å². The van der Waals surface area contributed by atoms with Gasteiger partial charge in [-0.15, -0.1) is 6.58 Å². The van der Waals surface area contributed by atoms with Crippen LogP contribution in [0.3, 0.4) is 0 Å². The minimum absolute atomic E-state index is 0.0249. The fourth-order valence-corrected chi connectivity index (χ4v) is 3.13. The molecule has 1 fully saturated rings. The minimum atomic E-state index is -0.929. The number of rotatable bonds is 5. The minimum Gasteiger partial charge on any atom is -0.480 e. The molecule has 1 atom stereocenters. The van der Waals surface area contributed by atoms with Gasteiger partial charge in [-0.3, -0.25) is 19.8 Å². The van der Waals surface area contributed by atoms with Gasteiger partial charge in [0.25, 0.3) is 11.8 Å². The lowest BCUT2D eigenvalue weighted by molar-refractivity contribution is -0.140. The molecule has 2 amide bonds. The molecule has 7 nitrogen and oxygen atoms in total. The number of amides is 2. The van der Waals surface area contributed by atoms with E-state index in [0.29, 0.717) is 5.56 Å². The number of hydrogen-bond donors (Lipinski definition) is 2. The van der Waals surface area contributed by atoms with Gasteiger partial charge in [0.2, 0.25) is 0 Å². The van der Waals surface area contributed by atoms with Crippen LogP contribution in [0.1, 0.15) is 18.5 Å². The maximum Gasteiger partial charge on any atom is 0.326 e. The summed E-state index contributed by atoms with van der Waals surface area (Å²) in [6.07, 6.45) is 4.72. The Morgan fingerprint density at radius 2 is 2.11 bits per heavy atom. The Labute approximate surface area is 160 Å². The zero-order valence-electron chi connectivity index (χ0n) is 14.5. The number of thiocarbonyl (C=S) groups is 1. The highest BCUT2D eigenvalue weighted by atomic mass is 32.1. The molecule has 3 rings (SSSR count). The normalized spacial score (nSPS) is 17.3. The summed E-state index contributed by atoms with van der Waals surface area (Å²) < 4.78 is 1.65. The first kappa shape index (κ1) is 18.5. The van der Waals surface area contributed by atoms with Gasteiger partial charge in [0.05, 0.1) is 0 Å². The fourth-order valence-electron chi connectivity index (χ4n) is 2.88. The van der Waals surface area contributed by atoms with E-state index in [-0.39, 0.29) is 17.2 Å². The first-order valence-corrected chi connectivity index (χ1v) is 8.57. The van der Waals surface area contributed by atoms with E-state index in [2.05, 4.69) is 11.9 Å². The highest BCUT2D eigenvalue weighted by Gasteiger charge is 2.32. The standard InChI is InChI=1S/C19H17N3O4S/c1-3-7-22-17(24)14(16(23)20-19(22)27)10-12-4-5-15-13(9-12)6-8-21(15)11(2)18(25)26/h3-6,8-11H,1,7H2,2H3,(H,25,26)(H,20,23,27)/b14-10-/t11-/m0/s1. The van der Waals surface area contributed by atoms with Crippen LogP contribution in [0.5, 0.6) is 0 Å². The molecule has 1 aliphatic rings. The van der Waals surface area contributed by atoms with Crippen molar-refractivity contribution in [3.05, 3.63) is 54.3 Å². The van der Waals surface area contributed by atoms with E-state index in [1.165, 1.54) is 17.1 Å². The first-order chi connectivity index (χ1) is 12.8. The molecule has 1 aromatic carbocycles. The Bertz CT molecular complexity index is 1020. The van der Waals surface area contributed by atoms with Gasteiger partial charge in [0, 0.05) is 23.6 Å². The molecule has 8 heteroatoms. The van der Waals surface area contributed by atoms with Gasteiger partial charge < -0.3 is 9.67 Å². The number of aliphatic carboxylic acids is 1. The summed E-state index contributed by atoms with van der Waals surface area (Å²) in [4.78, 5) is 37.2. The maximum absolute atomic E-state index is 12.6. The second kappa shape index (κ2) is 7.16. The maximum atomic E-state index is 12.6. The molecule has 0 spiro atoms. The van der Waals surface area contributed by atoms with Gasteiger partial charge in [-0.2, -0.15) is 0 Å². The van der Waals surface area contributed by atoms with E-state index < -0.39 is 23.8 Å². The summed E-state index contributed by atoms with van der Waals surface area (Å²) in [5, 5.41) is 12.6. The van der Waals surface area contributed by atoms with Crippen LogP contribution in [0, 0.1) is 0 Å². The highest BCUT2D eigenvalue weighted by Crippen LogP contribution is 2.23. The van der Waals surface area contributed by atoms with Crippen molar-refractivity contribution in [1.29, 1.82) is 0 Å². The molecule has 1 aromatic heterocycles. The van der Waals surface area contributed by atoms with Gasteiger partial charge in [-0.05, 0) is 49.0 Å². The van der Waals surface area contributed by atoms with Crippen LogP contribution >= 0.6 is 12.2 Å². The summed E-state index contributed by atoms with van der Waals surface area (Å²) in [7, 11) is 0. The van der Waals surface area contributed by atoms with E-state index in [1.807, 2.05) is 0 Å². The highest BCUT2D eigenvalue weighted by molar-refractivity contribution is 7.80. The lowest BCUT2D eigenvalue weighted by atomic mass is 10.1. The predicted molar refractivity (Wildman–Crippen MR) is 105 cm³/mol. The van der Waals surface area contributed by atoms with E-state index in [9.17, 15) is 19.5 Å². The molecule has 1 aliphatic heterocycles. The number of nitrogens with one attached hydrogen (secondary N) is 1. The van der Waals surface area contributed by atoms with E-state index in [4.69, 9.17) is 12.2 Å². The zero-order chi connectivity index (χ0) is 19.7. The topological polar surface area (TPSA) is 91.6 Å². The van der Waals surface area contributed by atoms with Gasteiger partial charge in [-0.25, -0.2) is 4.79 Å². The Kier molecular flexibility index (Phi) is 4.91. The molecule has 0 radical (unpaired) electrons. The number of carboxylic acids is 1. The third kappa shape index (κ3) is 3.39. The van der Waals surface area contributed by atoms with Crippen LogP contribution in [-0.4, -0.2) is 44.0 Å². The average molecular weight is 383 g/mol. The van der Waals surface area contributed by atoms with Crippen LogP contribution in [0.2, 0.25) is 0 Å². The second-order valence-corrected chi connectivity index (χ2v) is 6.46. The summed E-state index contributed by atoms with van der Waals surface area (Å²) in [6, 6.07) is 6.37. The van der Waals surface area contributed by atoms with Crippen LogP contribution in [-0.2, 0) is 14.4 Å². The third-order valence-electron chi connectivity index (χ3n) is 4.33. The fraction of sp³-hybridized carbons (Fsp3) is 0.158. The summed E-state index contributed by atoms with van der Waals surface area (Å²) >= 11 is 5.02. The van der Waals surface area contributed by atoms with Crippen molar-refractivity contribution in [2.24, 2.45) is 0 Å². The summed E-state index contributed by atoms with van der Waals surface area (Å²) in [5.74, 6) is -1.97. The lowest BCUT2D eigenvalue weighted by Crippen LogP contribution is -2.53. The largest absolute Gasteiger partial charge is 0.480 e. The molecular weight excluding hydrogens is 366 g/mol. The molecule has 1 saturated heterocycles. The van der Waals surface area contributed by atoms with E-state index >= 15 is 0 Å². The van der Waals surface area contributed by atoms with Crippen LogP contribution in [0.15, 0.2) is 48.7 Å². The van der Waals surface area contributed by atoms with Crippen LogP contribution in [0.4, 0.5) is 0 Å². The van der Waals surface area contributed by atoms with Crippen molar-refractivity contribution in [2.75, 3.05) is 6.54 Å². The molecule has 138 valence electrons. The predicted octanol–water partition coefficient (Wildman–Crippen LogP) is 2.10. The molecule has 0 unspecified atom stereocenters. The van der Waals surface area contributed by atoms with Crippen molar-refractivity contribution in [2.45, 2.75) is 13.0 Å². The molecule has 0 aliphatic carbocycles. The van der Waals surface area contributed by atoms with Crippen molar-refractivity contribution >= 4 is 52.1 Å². The Hall–Kier alpha value is -3.26. The average Bonchev–Trinajstić information content (AvgIpc) is 3.04. The Morgan fingerprint density at radius 1 is 1.37 bits per heavy atom. The molecule has 2 N–H and O–H groups in total. The Balaban J connectivity index is 1.98. The SMILES string of the molecule is C=CCN1C(=O)/C(=C\c2ccc3c(ccn3[C@@H](C)C(=O)O)c2)C(=O)NC1=S. The molecule has 0 saturated carbocycles. The van der Waals surface area contributed by atoms with Gasteiger partial charge >= 0.3 is 5.97 Å². The van der Waals surface area contributed by atoms with Gasteiger partial charge in [-0.1, -0.05) is 12.1 Å². The third-order valence-corrected chi connectivity index (χ3v) is 4.65. The monoisotopic (exact) mass is 383 g/mol. The van der Waals surface area contributed by atoms with Crippen molar-refractivity contribution in [3.8, 4) is 0 Å². The number of hydrogen-bond acceptors (Lipinski definition) is 4. The Morgan fingerprint density at radius 3 is 2.78 bits per heavy atom. The van der Waals surface area contributed by atoms with Crippen molar-refractivity contribution < 1.29 is 19.5 Å². The summed E-state index contributed by atoms with van der Waals surface area (Å²) in [5.41, 5.74) is 1.37. The molecule has 2 heterocycles. The van der Waals surface area contributed by atoms with Crippen LogP contribution < -0.4 is 5.32 Å². The number of carboxylic acid groups (broad SMARTS) is 1. The van der Waals surface area contributed by atoms with Gasteiger partial charge in [0.1, 0.15) is 11.6 Å². The quantitative estimate of drug-likeness (QED) is 0.357. The van der Waals surface area contributed by atoms with Crippen molar-refractivity contribution in [3.63, 3.8) is 0 Å². The second-order valence-electron chi connectivity index (χ2n) is 6.08. The number of aromatic nitrogens is 1. The molecule has 0 bridgehead atoms. The number of carbonyl (C=O) groups excluding carboxylic acids is 2. The summed E-state index contributed by atoms with van der Waals surface area (Å²) in [6.45, 7) is 5.38. The number of benzene rings is 1. The lowest BCUT2D eigenvalue weighted by Gasteiger charge is -2.27. The van der Waals surface area contributed by atoms with Crippen LogP contribution in [0.25, 0.3) is 17.0 Å². The number of fused-ring (bicyclic) bond motifs is 1. The zero-order valence-corrected chi connectivity index (χ0v) is 15.3. The van der Waals surface area contributed by atoms with E-state index in [0.717, 1.165) is 10.9 Å². The van der Waals surface area contributed by atoms with Gasteiger partial charge in [0.15, 0.2) is 5.11 Å².